The number of nitrogens with one attached hydrogen (secondary N) is 1. The summed E-state index contributed by atoms with van der Waals surface area (Å²) in [7, 11) is 0. The van der Waals surface area contributed by atoms with Crippen molar-refractivity contribution >= 4 is 17.5 Å². The van der Waals surface area contributed by atoms with Crippen LogP contribution in [0.3, 0.4) is 0 Å². The highest BCUT2D eigenvalue weighted by Gasteiger charge is 2.43. The van der Waals surface area contributed by atoms with Crippen molar-refractivity contribution in [3.8, 4) is 0 Å². The molecule has 1 saturated heterocycles. The van der Waals surface area contributed by atoms with E-state index in [0.717, 1.165) is 31.6 Å². The lowest BCUT2D eigenvalue weighted by molar-refractivity contribution is -0.123. The van der Waals surface area contributed by atoms with Crippen LogP contribution in [-0.4, -0.2) is 41.1 Å². The summed E-state index contributed by atoms with van der Waals surface area (Å²) >= 11 is 5.84. The summed E-state index contributed by atoms with van der Waals surface area (Å²) in [6.45, 7) is 8.97. The minimum atomic E-state index is -0.639. The van der Waals surface area contributed by atoms with Crippen molar-refractivity contribution in [1.82, 2.24) is 10.2 Å². The number of benzene rings is 1. The second-order valence-corrected chi connectivity index (χ2v) is 7.77. The number of nitrogens with zero attached hydrogens (tertiary/aromatic N) is 1. The Balaban J connectivity index is 1.73. The van der Waals surface area contributed by atoms with E-state index in [2.05, 4.69) is 24.1 Å². The van der Waals surface area contributed by atoms with Crippen molar-refractivity contribution in [1.29, 1.82) is 0 Å². The molecule has 0 unspecified atom stereocenters. The molecule has 1 amide bonds. The van der Waals surface area contributed by atoms with Crippen LogP contribution >= 0.6 is 11.6 Å². The predicted molar refractivity (Wildman–Crippen MR) is 93.4 cm³/mol. The van der Waals surface area contributed by atoms with Crippen LogP contribution in [0.4, 0.5) is 0 Å². The monoisotopic (exact) mass is 338 g/mol. The molecule has 2 rings (SSSR count). The molecule has 1 aliphatic rings. The van der Waals surface area contributed by atoms with Crippen molar-refractivity contribution in [3.63, 3.8) is 0 Å². The normalized spacial score (nSPS) is 24.4. The van der Waals surface area contributed by atoms with Crippen molar-refractivity contribution in [3.05, 3.63) is 34.9 Å². The predicted octanol–water partition coefficient (Wildman–Crippen LogP) is 2.83. The Morgan fingerprint density at radius 2 is 1.96 bits per heavy atom. The smallest absolute Gasteiger partial charge is 0.221 e. The molecule has 1 atom stereocenters. The molecule has 128 valence electrons. The molecule has 2 N–H and O–H groups in total. The van der Waals surface area contributed by atoms with Crippen molar-refractivity contribution in [2.45, 2.75) is 45.8 Å². The molecule has 0 aromatic heterocycles. The van der Waals surface area contributed by atoms with Gasteiger partial charge in [0.15, 0.2) is 0 Å². The zero-order valence-corrected chi connectivity index (χ0v) is 15.0. The van der Waals surface area contributed by atoms with Gasteiger partial charge in [-0.3, -0.25) is 4.79 Å². The standard InChI is InChI=1S/C18H27ClN2O2/c1-17(2)13-21(11-9-18(17,3)23)10-8-16(22)20-12-14-4-6-15(19)7-5-14/h4-7,23H,8-13H2,1-3H3,(H,20,22)/t18-/m0/s1. The molecule has 1 heterocycles. The molecule has 1 aromatic carbocycles. The number of hydrogen-bond acceptors (Lipinski definition) is 3. The lowest BCUT2D eigenvalue weighted by Crippen LogP contribution is -2.56. The van der Waals surface area contributed by atoms with Gasteiger partial charge in [-0.05, 0) is 31.0 Å². The first-order valence-electron chi connectivity index (χ1n) is 8.15. The fourth-order valence-corrected chi connectivity index (χ4v) is 2.99. The third-order valence-electron chi connectivity index (χ3n) is 5.05. The Kier molecular flexibility index (Phi) is 5.71. The average molecular weight is 339 g/mol. The van der Waals surface area contributed by atoms with Crippen LogP contribution in [0.25, 0.3) is 0 Å². The van der Waals surface area contributed by atoms with E-state index in [-0.39, 0.29) is 11.3 Å². The fourth-order valence-electron chi connectivity index (χ4n) is 2.86. The average Bonchev–Trinajstić information content (AvgIpc) is 2.48. The van der Waals surface area contributed by atoms with Gasteiger partial charge in [-0.15, -0.1) is 0 Å². The van der Waals surface area contributed by atoms with Gasteiger partial charge in [0.2, 0.25) is 5.91 Å². The highest BCUT2D eigenvalue weighted by atomic mass is 35.5. The van der Waals surface area contributed by atoms with E-state index in [1.807, 2.05) is 31.2 Å². The molecule has 0 radical (unpaired) electrons. The second-order valence-electron chi connectivity index (χ2n) is 7.34. The van der Waals surface area contributed by atoms with Crippen LogP contribution in [-0.2, 0) is 11.3 Å². The van der Waals surface area contributed by atoms with E-state index in [1.165, 1.54) is 0 Å². The molecule has 0 spiro atoms. The summed E-state index contributed by atoms with van der Waals surface area (Å²) in [6.07, 6.45) is 1.22. The first kappa shape index (κ1) is 18.2. The first-order chi connectivity index (χ1) is 10.7. The van der Waals surface area contributed by atoms with Crippen LogP contribution in [0.15, 0.2) is 24.3 Å². The number of halogens is 1. The highest BCUT2D eigenvalue weighted by Crippen LogP contribution is 2.38. The van der Waals surface area contributed by atoms with Gasteiger partial charge in [0.25, 0.3) is 0 Å². The molecule has 1 fully saturated rings. The fraction of sp³-hybridized carbons (Fsp3) is 0.611. The molecule has 0 bridgehead atoms. The lowest BCUT2D eigenvalue weighted by Gasteiger charge is -2.48. The maximum atomic E-state index is 12.0. The van der Waals surface area contributed by atoms with Crippen LogP contribution in [0, 0.1) is 5.41 Å². The number of aliphatic hydroxyl groups is 1. The summed E-state index contributed by atoms with van der Waals surface area (Å²) in [4.78, 5) is 14.3. The van der Waals surface area contributed by atoms with Crippen LogP contribution < -0.4 is 5.32 Å². The number of carbonyl (C=O) groups excluding carboxylic acids is 1. The number of rotatable bonds is 5. The van der Waals surface area contributed by atoms with Gasteiger partial charge in [0.1, 0.15) is 0 Å². The third-order valence-corrected chi connectivity index (χ3v) is 5.30. The Bertz CT molecular complexity index is 540. The van der Waals surface area contributed by atoms with Crippen molar-refractivity contribution in [2.24, 2.45) is 5.41 Å². The molecule has 0 aliphatic carbocycles. The Morgan fingerprint density at radius 3 is 2.57 bits per heavy atom. The molecule has 0 saturated carbocycles. The maximum absolute atomic E-state index is 12.0. The number of piperidine rings is 1. The quantitative estimate of drug-likeness (QED) is 0.868. The number of hydrogen-bond donors (Lipinski definition) is 2. The first-order valence-corrected chi connectivity index (χ1v) is 8.53. The summed E-state index contributed by atoms with van der Waals surface area (Å²) in [5, 5.41) is 14.0. The molecule has 5 heteroatoms. The maximum Gasteiger partial charge on any atom is 0.221 e. The van der Waals surface area contributed by atoms with Gasteiger partial charge in [0, 0.05) is 43.0 Å². The Hall–Kier alpha value is -1.10. The molecule has 23 heavy (non-hydrogen) atoms. The van der Waals surface area contributed by atoms with E-state index >= 15 is 0 Å². The van der Waals surface area contributed by atoms with Crippen LogP contribution in [0.1, 0.15) is 39.2 Å². The molecule has 4 nitrogen and oxygen atoms in total. The molecular weight excluding hydrogens is 312 g/mol. The Morgan fingerprint density at radius 1 is 1.30 bits per heavy atom. The third kappa shape index (κ3) is 4.93. The minimum Gasteiger partial charge on any atom is -0.390 e. The van der Waals surface area contributed by atoms with E-state index in [1.54, 1.807) is 0 Å². The zero-order valence-electron chi connectivity index (χ0n) is 14.2. The lowest BCUT2D eigenvalue weighted by atomic mass is 9.71. The van der Waals surface area contributed by atoms with E-state index < -0.39 is 5.60 Å². The van der Waals surface area contributed by atoms with Crippen molar-refractivity contribution < 1.29 is 9.90 Å². The van der Waals surface area contributed by atoms with E-state index in [0.29, 0.717) is 18.0 Å². The number of amides is 1. The van der Waals surface area contributed by atoms with Crippen LogP contribution in [0.2, 0.25) is 5.02 Å². The highest BCUT2D eigenvalue weighted by molar-refractivity contribution is 6.30. The van der Waals surface area contributed by atoms with Gasteiger partial charge in [-0.1, -0.05) is 37.6 Å². The van der Waals surface area contributed by atoms with E-state index in [9.17, 15) is 9.90 Å². The second kappa shape index (κ2) is 7.20. The summed E-state index contributed by atoms with van der Waals surface area (Å²) in [6, 6.07) is 7.48. The summed E-state index contributed by atoms with van der Waals surface area (Å²) in [5.41, 5.74) is 0.240. The molecular formula is C18H27ClN2O2. The van der Waals surface area contributed by atoms with Gasteiger partial charge >= 0.3 is 0 Å². The molecule has 1 aromatic rings. The van der Waals surface area contributed by atoms with Gasteiger partial charge in [-0.25, -0.2) is 0 Å². The van der Waals surface area contributed by atoms with E-state index in [4.69, 9.17) is 11.6 Å². The minimum absolute atomic E-state index is 0.0510. The van der Waals surface area contributed by atoms with Gasteiger partial charge in [-0.2, -0.15) is 0 Å². The van der Waals surface area contributed by atoms with Gasteiger partial charge < -0.3 is 15.3 Å². The number of likely N-dealkylation sites (tertiary alicyclic amines) is 1. The largest absolute Gasteiger partial charge is 0.390 e. The summed E-state index contributed by atoms with van der Waals surface area (Å²) in [5.74, 6) is 0.0510. The van der Waals surface area contributed by atoms with Crippen LogP contribution in [0.5, 0.6) is 0 Å². The van der Waals surface area contributed by atoms with Crippen molar-refractivity contribution in [2.75, 3.05) is 19.6 Å². The zero-order chi connectivity index (χ0) is 17.1. The Labute approximate surface area is 143 Å². The topological polar surface area (TPSA) is 52.6 Å². The molecule has 1 aliphatic heterocycles. The number of carbonyl (C=O) groups is 1. The van der Waals surface area contributed by atoms with Gasteiger partial charge in [0.05, 0.1) is 5.60 Å². The summed E-state index contributed by atoms with van der Waals surface area (Å²) < 4.78 is 0. The SMILES string of the molecule is CC1(C)CN(CCC(=O)NCc2ccc(Cl)cc2)CC[C@]1(C)O.